The van der Waals surface area contributed by atoms with Crippen LogP contribution in [-0.4, -0.2) is 92.5 Å². The molecule has 9 heteroatoms. The van der Waals surface area contributed by atoms with Crippen LogP contribution in [0.15, 0.2) is 65.6 Å². The number of anilines is 1. The van der Waals surface area contributed by atoms with Gasteiger partial charge in [-0.25, -0.2) is 13.4 Å². The van der Waals surface area contributed by atoms with Gasteiger partial charge < -0.3 is 14.2 Å². The highest BCUT2D eigenvalue weighted by atomic mass is 32.2. The Morgan fingerprint density at radius 2 is 1.50 bits per heavy atom. The van der Waals surface area contributed by atoms with E-state index in [1.165, 1.54) is 11.8 Å². The van der Waals surface area contributed by atoms with Crippen molar-refractivity contribution in [2.24, 2.45) is 7.05 Å². The van der Waals surface area contributed by atoms with Crippen molar-refractivity contribution in [3.05, 3.63) is 66.2 Å². The van der Waals surface area contributed by atoms with Crippen molar-refractivity contribution < 1.29 is 13.2 Å². The van der Waals surface area contributed by atoms with Gasteiger partial charge in [0.2, 0.25) is 0 Å². The van der Waals surface area contributed by atoms with Crippen molar-refractivity contribution in [3.63, 3.8) is 0 Å². The zero-order chi connectivity index (χ0) is 29.4. The summed E-state index contributed by atoms with van der Waals surface area (Å²) in [6, 6.07) is 21.0. The third-order valence-electron chi connectivity index (χ3n) is 8.70. The van der Waals surface area contributed by atoms with E-state index < -0.39 is 9.84 Å². The van der Waals surface area contributed by atoms with E-state index in [0.29, 0.717) is 24.2 Å². The fourth-order valence-corrected chi connectivity index (χ4v) is 6.73. The predicted octanol–water partition coefficient (Wildman–Crippen LogP) is 4.67. The Hall–Kier alpha value is -3.24. The van der Waals surface area contributed by atoms with Crippen LogP contribution in [0.25, 0.3) is 33.4 Å². The van der Waals surface area contributed by atoms with Gasteiger partial charge >= 0.3 is 0 Å². The Bertz CT molecular complexity index is 1650. The number of nitrogens with zero attached hydrogens (tertiary/aromatic N) is 5. The molecule has 2 aliphatic heterocycles. The molecule has 0 saturated carbocycles. The number of fused-ring (bicyclic) bond motifs is 1. The van der Waals surface area contributed by atoms with E-state index in [0.717, 1.165) is 85.0 Å². The van der Waals surface area contributed by atoms with E-state index >= 15 is 0 Å². The van der Waals surface area contributed by atoms with Gasteiger partial charge in [0.1, 0.15) is 5.82 Å². The normalized spacial score (nSPS) is 17.4. The SMILES string of the molecule is CC(C)N1CCN(Cc2ccc(-c3cc4c(cc(-c5ccc(S(C)(=O)=O)cc5)n4C)c(N4CCOCC4)n3)cc2)CC1. The lowest BCUT2D eigenvalue weighted by Gasteiger charge is -2.36. The predicted molar refractivity (Wildman–Crippen MR) is 170 cm³/mol. The number of benzene rings is 2. The Balaban J connectivity index is 1.32. The lowest BCUT2D eigenvalue weighted by atomic mass is 10.1. The standard InChI is InChI=1S/C33H41N5O3S/c1-24(2)37-15-13-36(14-16-37)23-25-5-7-26(8-6-25)30-22-32-29(33(34-30)38-17-19-41-20-18-38)21-31(35(32)3)27-9-11-28(12-10-27)42(4,39)40/h5-12,21-22,24H,13-20,23H2,1-4H3. The Kier molecular flexibility index (Phi) is 8.11. The topological polar surface area (TPSA) is 70.9 Å². The maximum absolute atomic E-state index is 12.0. The van der Waals surface area contributed by atoms with Gasteiger partial charge in [-0.1, -0.05) is 36.4 Å². The van der Waals surface area contributed by atoms with Gasteiger partial charge in [0.25, 0.3) is 0 Å². The number of pyridine rings is 1. The highest BCUT2D eigenvalue weighted by Crippen LogP contribution is 2.36. The molecule has 2 aromatic heterocycles. The minimum absolute atomic E-state index is 0.323. The van der Waals surface area contributed by atoms with E-state index in [4.69, 9.17) is 9.72 Å². The average Bonchev–Trinajstić information content (AvgIpc) is 3.33. The Morgan fingerprint density at radius 3 is 2.12 bits per heavy atom. The Morgan fingerprint density at radius 1 is 0.857 bits per heavy atom. The molecule has 222 valence electrons. The number of piperazine rings is 1. The number of aromatic nitrogens is 2. The van der Waals surface area contributed by atoms with Crippen LogP contribution < -0.4 is 4.90 Å². The molecule has 8 nitrogen and oxygen atoms in total. The number of hydrogen-bond acceptors (Lipinski definition) is 7. The fourth-order valence-electron chi connectivity index (χ4n) is 6.10. The summed E-state index contributed by atoms with van der Waals surface area (Å²) in [6.45, 7) is 12.9. The molecule has 2 aliphatic rings. The van der Waals surface area contributed by atoms with E-state index in [-0.39, 0.29) is 0 Å². The first kappa shape index (κ1) is 28.9. The lowest BCUT2D eigenvalue weighted by molar-refractivity contribution is 0.104. The second-order valence-corrected chi connectivity index (χ2v) is 13.9. The van der Waals surface area contributed by atoms with Gasteiger partial charge in [0.05, 0.1) is 29.3 Å². The monoisotopic (exact) mass is 587 g/mol. The molecule has 42 heavy (non-hydrogen) atoms. The maximum Gasteiger partial charge on any atom is 0.175 e. The van der Waals surface area contributed by atoms with Crippen LogP contribution in [0.2, 0.25) is 0 Å². The largest absolute Gasteiger partial charge is 0.378 e. The molecule has 0 radical (unpaired) electrons. The molecule has 0 N–H and O–H groups in total. The average molecular weight is 588 g/mol. The van der Waals surface area contributed by atoms with Crippen LogP contribution in [0.5, 0.6) is 0 Å². The highest BCUT2D eigenvalue weighted by Gasteiger charge is 2.22. The number of hydrogen-bond donors (Lipinski definition) is 0. The molecule has 4 aromatic rings. The molecule has 0 unspecified atom stereocenters. The summed E-state index contributed by atoms with van der Waals surface area (Å²) in [7, 11) is -1.18. The number of morpholine rings is 1. The number of sulfone groups is 1. The summed E-state index contributed by atoms with van der Waals surface area (Å²) in [5.74, 6) is 0.965. The molecule has 0 atom stereocenters. The molecule has 0 bridgehead atoms. The molecule has 6 rings (SSSR count). The first-order valence-corrected chi connectivity index (χ1v) is 16.8. The molecule has 0 spiro atoms. The van der Waals surface area contributed by atoms with Crippen LogP contribution in [0.1, 0.15) is 19.4 Å². The molecule has 2 fully saturated rings. The van der Waals surface area contributed by atoms with Gasteiger partial charge in [-0.15, -0.1) is 0 Å². The van der Waals surface area contributed by atoms with Crippen LogP contribution in [0, 0.1) is 0 Å². The second kappa shape index (κ2) is 11.8. The van der Waals surface area contributed by atoms with E-state index in [2.05, 4.69) is 76.6 Å². The zero-order valence-corrected chi connectivity index (χ0v) is 25.9. The van der Waals surface area contributed by atoms with Gasteiger partial charge in [-0.3, -0.25) is 9.80 Å². The van der Waals surface area contributed by atoms with Gasteiger partial charge in [-0.2, -0.15) is 0 Å². The van der Waals surface area contributed by atoms with E-state index in [1.807, 2.05) is 12.1 Å². The third kappa shape index (κ3) is 5.97. The van der Waals surface area contributed by atoms with Crippen molar-refractivity contribution in [1.82, 2.24) is 19.4 Å². The summed E-state index contributed by atoms with van der Waals surface area (Å²) in [4.78, 5) is 13.0. The Labute approximate surface area is 249 Å². The second-order valence-electron chi connectivity index (χ2n) is 11.9. The number of aryl methyl sites for hydroxylation is 1. The fraction of sp³-hybridized carbons (Fsp3) is 0.424. The van der Waals surface area contributed by atoms with Crippen molar-refractivity contribution in [3.8, 4) is 22.5 Å². The first-order valence-electron chi connectivity index (χ1n) is 14.9. The molecule has 2 aromatic carbocycles. The smallest absolute Gasteiger partial charge is 0.175 e. The molecule has 4 heterocycles. The lowest BCUT2D eigenvalue weighted by Crippen LogP contribution is -2.48. The maximum atomic E-state index is 12.0. The van der Waals surface area contributed by atoms with Crippen LogP contribution >= 0.6 is 0 Å². The van der Waals surface area contributed by atoms with Crippen molar-refractivity contribution in [1.29, 1.82) is 0 Å². The van der Waals surface area contributed by atoms with Gasteiger partial charge in [0, 0.05) is 81.8 Å². The summed E-state index contributed by atoms with van der Waals surface area (Å²) in [5.41, 5.74) is 6.45. The van der Waals surface area contributed by atoms with Crippen molar-refractivity contribution in [2.75, 3.05) is 63.6 Å². The van der Waals surface area contributed by atoms with Crippen LogP contribution in [0.4, 0.5) is 5.82 Å². The van der Waals surface area contributed by atoms with Crippen LogP contribution in [0.3, 0.4) is 0 Å². The van der Waals surface area contributed by atoms with Crippen molar-refractivity contribution in [2.45, 2.75) is 31.3 Å². The van der Waals surface area contributed by atoms with E-state index in [9.17, 15) is 8.42 Å². The zero-order valence-electron chi connectivity index (χ0n) is 25.1. The first-order chi connectivity index (χ1) is 20.2. The summed E-state index contributed by atoms with van der Waals surface area (Å²) in [6.07, 6.45) is 1.24. The van der Waals surface area contributed by atoms with Gasteiger partial charge in [0.15, 0.2) is 9.84 Å². The molecular formula is C33H41N5O3S. The van der Waals surface area contributed by atoms with Gasteiger partial charge in [-0.05, 0) is 49.2 Å². The highest BCUT2D eigenvalue weighted by molar-refractivity contribution is 7.90. The number of rotatable bonds is 7. The van der Waals surface area contributed by atoms with Crippen molar-refractivity contribution >= 4 is 26.6 Å². The summed E-state index contributed by atoms with van der Waals surface area (Å²) < 4.78 is 31.8. The minimum atomic E-state index is -3.25. The third-order valence-corrected chi connectivity index (χ3v) is 9.83. The quantitative estimate of drug-likeness (QED) is 0.311. The van der Waals surface area contributed by atoms with Crippen LogP contribution in [-0.2, 0) is 28.2 Å². The molecular weight excluding hydrogens is 546 g/mol. The molecule has 2 saturated heterocycles. The van der Waals surface area contributed by atoms with E-state index in [1.54, 1.807) is 12.1 Å². The molecule has 0 aliphatic carbocycles. The summed E-state index contributed by atoms with van der Waals surface area (Å²) in [5, 5.41) is 1.09. The summed E-state index contributed by atoms with van der Waals surface area (Å²) >= 11 is 0. The molecule has 0 amide bonds. The minimum Gasteiger partial charge on any atom is -0.378 e. The number of ether oxygens (including phenoxy) is 1.